The van der Waals surface area contributed by atoms with Crippen LogP contribution in [0.5, 0.6) is 0 Å². The van der Waals surface area contributed by atoms with Gasteiger partial charge < -0.3 is 10.1 Å². The molecule has 0 saturated heterocycles. The van der Waals surface area contributed by atoms with Crippen LogP contribution in [-0.2, 0) is 9.53 Å². The molecule has 0 aliphatic heterocycles. The molecule has 1 atom stereocenters. The average Bonchev–Trinajstić information content (AvgIpc) is 2.21. The van der Waals surface area contributed by atoms with Crippen molar-refractivity contribution in [2.45, 2.75) is 13.3 Å². The molecule has 0 saturated carbocycles. The zero-order valence-corrected chi connectivity index (χ0v) is 11.7. The van der Waals surface area contributed by atoms with Gasteiger partial charge in [0, 0.05) is 29.4 Å². The van der Waals surface area contributed by atoms with Crippen molar-refractivity contribution < 1.29 is 9.53 Å². The molecule has 0 aromatic heterocycles. The van der Waals surface area contributed by atoms with Gasteiger partial charge in [0.05, 0.1) is 0 Å². The lowest BCUT2D eigenvalue weighted by Crippen LogP contribution is -2.17. The van der Waals surface area contributed by atoms with E-state index in [0.29, 0.717) is 13.0 Å². The number of benzene rings is 1. The number of halogens is 1. The number of methoxy groups -OCH3 is 1. The summed E-state index contributed by atoms with van der Waals surface area (Å²) < 4.78 is 6.15. The summed E-state index contributed by atoms with van der Waals surface area (Å²) in [6.07, 6.45) is 0.486. The first-order chi connectivity index (χ1) is 7.61. The summed E-state index contributed by atoms with van der Waals surface area (Å²) >= 11 is 2.23. The molecule has 1 aromatic carbocycles. The van der Waals surface area contributed by atoms with Gasteiger partial charge in [0.1, 0.15) is 0 Å². The molecule has 88 valence electrons. The van der Waals surface area contributed by atoms with Crippen LogP contribution in [0.2, 0.25) is 0 Å². The fraction of sp³-hybridized carbons (Fsp3) is 0.417. The summed E-state index contributed by atoms with van der Waals surface area (Å²) in [5.41, 5.74) is 0.843. The Morgan fingerprint density at radius 3 is 2.62 bits per heavy atom. The van der Waals surface area contributed by atoms with Crippen molar-refractivity contribution in [3.05, 3.63) is 27.8 Å². The second kappa shape index (κ2) is 6.85. The molecule has 1 N–H and O–H groups in total. The van der Waals surface area contributed by atoms with E-state index < -0.39 is 0 Å². The van der Waals surface area contributed by atoms with Crippen molar-refractivity contribution in [1.29, 1.82) is 0 Å². The molecule has 4 heteroatoms. The van der Waals surface area contributed by atoms with Crippen LogP contribution in [0, 0.1) is 9.49 Å². The van der Waals surface area contributed by atoms with E-state index in [-0.39, 0.29) is 11.8 Å². The predicted octanol–water partition coefficient (Wildman–Crippen LogP) is 2.90. The maximum atomic E-state index is 11.6. The zero-order valence-electron chi connectivity index (χ0n) is 9.50. The Kier molecular flexibility index (Phi) is 5.76. The van der Waals surface area contributed by atoms with Gasteiger partial charge in [-0.15, -0.1) is 0 Å². The number of anilines is 1. The number of rotatable bonds is 5. The first kappa shape index (κ1) is 13.4. The van der Waals surface area contributed by atoms with Crippen LogP contribution >= 0.6 is 22.6 Å². The Hall–Kier alpha value is -0.620. The first-order valence-electron chi connectivity index (χ1n) is 5.16. The molecule has 1 rings (SSSR count). The highest BCUT2D eigenvalue weighted by Crippen LogP contribution is 2.12. The van der Waals surface area contributed by atoms with Crippen LogP contribution in [0.15, 0.2) is 24.3 Å². The molecule has 1 unspecified atom stereocenters. The summed E-state index contributed by atoms with van der Waals surface area (Å²) in [5.74, 6) is 0.277. The number of carbonyl (C=O) groups excluding carboxylic acids is 1. The topological polar surface area (TPSA) is 38.3 Å². The third-order valence-corrected chi connectivity index (χ3v) is 2.83. The van der Waals surface area contributed by atoms with Gasteiger partial charge in [0.15, 0.2) is 0 Å². The van der Waals surface area contributed by atoms with Gasteiger partial charge in [-0.1, -0.05) is 6.92 Å². The molecule has 0 spiro atoms. The quantitative estimate of drug-likeness (QED) is 0.842. The summed E-state index contributed by atoms with van der Waals surface area (Å²) in [4.78, 5) is 11.6. The van der Waals surface area contributed by atoms with Crippen molar-refractivity contribution in [3.63, 3.8) is 0 Å². The third kappa shape index (κ3) is 4.94. The molecule has 1 aromatic rings. The zero-order chi connectivity index (χ0) is 12.0. The van der Waals surface area contributed by atoms with E-state index >= 15 is 0 Å². The van der Waals surface area contributed by atoms with Crippen molar-refractivity contribution >= 4 is 34.2 Å². The number of nitrogens with one attached hydrogen (secondary N) is 1. The van der Waals surface area contributed by atoms with E-state index in [0.717, 1.165) is 9.26 Å². The minimum atomic E-state index is 0.0331. The molecule has 0 aliphatic rings. The van der Waals surface area contributed by atoms with Crippen LogP contribution < -0.4 is 5.32 Å². The molecule has 0 fully saturated rings. The van der Waals surface area contributed by atoms with E-state index in [1.165, 1.54) is 0 Å². The van der Waals surface area contributed by atoms with E-state index in [4.69, 9.17) is 4.74 Å². The second-order valence-electron chi connectivity index (χ2n) is 3.82. The number of carbonyl (C=O) groups is 1. The van der Waals surface area contributed by atoms with Gasteiger partial charge in [0.2, 0.25) is 5.91 Å². The summed E-state index contributed by atoms with van der Waals surface area (Å²) in [5, 5.41) is 2.86. The number of hydrogen-bond acceptors (Lipinski definition) is 2. The molecule has 16 heavy (non-hydrogen) atoms. The van der Waals surface area contributed by atoms with Gasteiger partial charge in [-0.25, -0.2) is 0 Å². The first-order valence-corrected chi connectivity index (χ1v) is 6.24. The molecular weight excluding hydrogens is 317 g/mol. The van der Waals surface area contributed by atoms with E-state index in [1.807, 2.05) is 31.2 Å². The Bertz CT molecular complexity index is 337. The fourth-order valence-corrected chi connectivity index (χ4v) is 1.76. The van der Waals surface area contributed by atoms with Gasteiger partial charge in [0.25, 0.3) is 0 Å². The highest BCUT2D eigenvalue weighted by Gasteiger charge is 2.08. The van der Waals surface area contributed by atoms with Crippen molar-refractivity contribution in [2.24, 2.45) is 5.92 Å². The molecule has 0 aliphatic carbocycles. The molecule has 0 radical (unpaired) electrons. The maximum Gasteiger partial charge on any atom is 0.224 e. The fourth-order valence-electron chi connectivity index (χ4n) is 1.41. The van der Waals surface area contributed by atoms with E-state index in [9.17, 15) is 4.79 Å². The van der Waals surface area contributed by atoms with Crippen molar-refractivity contribution in [3.8, 4) is 0 Å². The maximum absolute atomic E-state index is 11.6. The molecule has 1 amide bonds. The van der Waals surface area contributed by atoms with Gasteiger partial charge in [-0.3, -0.25) is 4.79 Å². The van der Waals surface area contributed by atoms with Crippen molar-refractivity contribution in [1.82, 2.24) is 0 Å². The monoisotopic (exact) mass is 333 g/mol. The summed E-state index contributed by atoms with van der Waals surface area (Å²) in [6.45, 7) is 2.61. The summed E-state index contributed by atoms with van der Waals surface area (Å²) in [6, 6.07) is 7.74. The number of hydrogen-bond donors (Lipinski definition) is 1. The smallest absolute Gasteiger partial charge is 0.224 e. The van der Waals surface area contributed by atoms with E-state index in [1.54, 1.807) is 7.11 Å². The minimum absolute atomic E-state index is 0.0331. The highest BCUT2D eigenvalue weighted by molar-refractivity contribution is 14.1. The lowest BCUT2D eigenvalue weighted by molar-refractivity contribution is -0.117. The van der Waals surface area contributed by atoms with Crippen LogP contribution in [-0.4, -0.2) is 19.6 Å². The van der Waals surface area contributed by atoms with Gasteiger partial charge in [-0.05, 0) is 52.8 Å². The third-order valence-electron chi connectivity index (χ3n) is 2.11. The van der Waals surface area contributed by atoms with Crippen LogP contribution in [0.1, 0.15) is 13.3 Å². The lowest BCUT2D eigenvalue weighted by Gasteiger charge is -2.10. The predicted molar refractivity (Wildman–Crippen MR) is 73.4 cm³/mol. The van der Waals surface area contributed by atoms with Gasteiger partial charge >= 0.3 is 0 Å². The highest BCUT2D eigenvalue weighted by atomic mass is 127. The average molecular weight is 333 g/mol. The number of ether oxygens (including phenoxy) is 1. The minimum Gasteiger partial charge on any atom is -0.384 e. The SMILES string of the molecule is COCC(C)CC(=O)Nc1ccc(I)cc1. The molecule has 0 heterocycles. The Morgan fingerprint density at radius 1 is 1.44 bits per heavy atom. The normalized spacial score (nSPS) is 12.2. The van der Waals surface area contributed by atoms with Crippen molar-refractivity contribution in [2.75, 3.05) is 19.0 Å². The molecule has 0 bridgehead atoms. The second-order valence-corrected chi connectivity index (χ2v) is 5.07. The lowest BCUT2D eigenvalue weighted by atomic mass is 10.1. The van der Waals surface area contributed by atoms with Gasteiger partial charge in [-0.2, -0.15) is 0 Å². The van der Waals surface area contributed by atoms with Crippen LogP contribution in [0.4, 0.5) is 5.69 Å². The van der Waals surface area contributed by atoms with E-state index in [2.05, 4.69) is 27.9 Å². The standard InChI is InChI=1S/C12H16INO2/c1-9(8-16-2)7-12(15)14-11-5-3-10(13)4-6-11/h3-6,9H,7-8H2,1-2H3,(H,14,15). The molecular formula is C12H16INO2. The number of amides is 1. The Labute approximate surface area is 110 Å². The van der Waals surface area contributed by atoms with Crippen LogP contribution in [0.3, 0.4) is 0 Å². The Balaban J connectivity index is 2.42. The Morgan fingerprint density at radius 2 is 2.06 bits per heavy atom. The summed E-state index contributed by atoms with van der Waals surface area (Å²) in [7, 11) is 1.65. The molecule has 3 nitrogen and oxygen atoms in total. The van der Waals surface area contributed by atoms with Crippen LogP contribution in [0.25, 0.3) is 0 Å². The largest absolute Gasteiger partial charge is 0.384 e.